The summed E-state index contributed by atoms with van der Waals surface area (Å²) in [4.78, 5) is 14.5. The molecule has 2 N–H and O–H groups in total. The summed E-state index contributed by atoms with van der Waals surface area (Å²) in [5.74, 6) is 0.691. The lowest BCUT2D eigenvalue weighted by atomic mass is 10.1. The van der Waals surface area contributed by atoms with Crippen LogP contribution in [0.5, 0.6) is 0 Å². The van der Waals surface area contributed by atoms with Crippen LogP contribution in [0, 0.1) is 0 Å². The Balaban J connectivity index is 0.00000144. The van der Waals surface area contributed by atoms with Crippen LogP contribution in [-0.2, 0) is 0 Å². The fourth-order valence-electron chi connectivity index (χ4n) is 3.28. The molecule has 2 aromatic rings. The molecule has 2 fully saturated rings. The predicted molar refractivity (Wildman–Crippen MR) is 84.0 cm³/mol. The maximum absolute atomic E-state index is 12.6. The monoisotopic (exact) mass is 322 g/mol. The van der Waals surface area contributed by atoms with Gasteiger partial charge in [-0.15, -0.1) is 12.4 Å². The van der Waals surface area contributed by atoms with Gasteiger partial charge in [-0.25, -0.2) is 0 Å². The Labute approximate surface area is 134 Å². The molecule has 2 bridgehead atoms. The van der Waals surface area contributed by atoms with Crippen LogP contribution in [0.3, 0.4) is 0 Å². The Morgan fingerprint density at radius 1 is 1.32 bits per heavy atom. The maximum Gasteiger partial charge on any atom is 0.274 e. The summed E-state index contributed by atoms with van der Waals surface area (Å²) < 4.78 is 5.31. The van der Waals surface area contributed by atoms with Gasteiger partial charge in [0.05, 0.1) is 6.26 Å². The average molecular weight is 323 g/mol. The van der Waals surface area contributed by atoms with Crippen LogP contribution in [0.2, 0.25) is 0 Å². The van der Waals surface area contributed by atoms with Crippen molar-refractivity contribution in [3.05, 3.63) is 30.2 Å². The van der Waals surface area contributed by atoms with Crippen molar-refractivity contribution < 1.29 is 9.21 Å². The zero-order valence-electron chi connectivity index (χ0n) is 12.1. The molecule has 1 amide bonds. The van der Waals surface area contributed by atoms with E-state index in [1.165, 1.54) is 6.42 Å². The van der Waals surface area contributed by atoms with E-state index in [0.29, 0.717) is 23.5 Å². The van der Waals surface area contributed by atoms with Crippen molar-refractivity contribution in [3.63, 3.8) is 0 Å². The minimum Gasteiger partial charge on any atom is -0.463 e. The number of furan rings is 1. The number of amides is 1. The van der Waals surface area contributed by atoms with Gasteiger partial charge in [0.25, 0.3) is 5.91 Å². The van der Waals surface area contributed by atoms with E-state index in [-0.39, 0.29) is 18.3 Å². The maximum atomic E-state index is 12.6. The number of hydrogen-bond acceptors (Lipinski definition) is 4. The highest BCUT2D eigenvalue weighted by Gasteiger charge is 2.32. The van der Waals surface area contributed by atoms with E-state index in [1.807, 2.05) is 17.0 Å². The zero-order chi connectivity index (χ0) is 14.2. The third-order valence-corrected chi connectivity index (χ3v) is 4.39. The van der Waals surface area contributed by atoms with Crippen molar-refractivity contribution in [2.24, 2.45) is 0 Å². The first-order valence-electron chi connectivity index (χ1n) is 7.44. The predicted octanol–water partition coefficient (Wildman–Crippen LogP) is 2.06. The largest absolute Gasteiger partial charge is 0.463 e. The molecule has 2 aromatic heterocycles. The van der Waals surface area contributed by atoms with Gasteiger partial charge in [0, 0.05) is 31.2 Å². The molecular weight excluding hydrogens is 304 g/mol. The van der Waals surface area contributed by atoms with Crippen molar-refractivity contribution in [1.29, 1.82) is 0 Å². The average Bonchev–Trinajstić information content (AvgIpc) is 3.17. The van der Waals surface area contributed by atoms with Crippen LogP contribution >= 0.6 is 12.4 Å². The van der Waals surface area contributed by atoms with E-state index >= 15 is 0 Å². The number of likely N-dealkylation sites (tertiary alicyclic amines) is 1. The number of aromatic nitrogens is 2. The van der Waals surface area contributed by atoms with Gasteiger partial charge in [-0.3, -0.25) is 9.89 Å². The first kappa shape index (κ1) is 15.1. The Hall–Kier alpha value is -1.79. The fraction of sp³-hybridized carbons (Fsp3) is 0.467. The van der Waals surface area contributed by atoms with E-state index in [2.05, 4.69) is 15.5 Å². The lowest BCUT2D eigenvalue weighted by Crippen LogP contribution is -2.39. The summed E-state index contributed by atoms with van der Waals surface area (Å²) in [5, 5.41) is 10.6. The van der Waals surface area contributed by atoms with E-state index in [9.17, 15) is 4.79 Å². The number of rotatable bonds is 2. The molecule has 2 saturated heterocycles. The number of nitrogens with zero attached hydrogens (tertiary/aromatic N) is 2. The highest BCUT2D eigenvalue weighted by atomic mass is 35.5. The number of carbonyl (C=O) groups excluding carboxylic acids is 1. The summed E-state index contributed by atoms with van der Waals surface area (Å²) in [6.45, 7) is 1.58. The highest BCUT2D eigenvalue weighted by molar-refractivity contribution is 5.93. The number of H-pyrrole nitrogens is 1. The van der Waals surface area contributed by atoms with Crippen LogP contribution in [0.25, 0.3) is 11.5 Å². The summed E-state index contributed by atoms with van der Waals surface area (Å²) in [6, 6.07) is 6.43. The summed E-state index contributed by atoms with van der Waals surface area (Å²) >= 11 is 0. The number of fused-ring (bicyclic) bond motifs is 2. The second-order valence-corrected chi connectivity index (χ2v) is 5.82. The molecule has 2 aliphatic rings. The topological polar surface area (TPSA) is 74.2 Å². The molecule has 4 rings (SSSR count). The quantitative estimate of drug-likeness (QED) is 0.887. The smallest absolute Gasteiger partial charge is 0.274 e. The highest BCUT2D eigenvalue weighted by Crippen LogP contribution is 2.23. The Morgan fingerprint density at radius 3 is 3.00 bits per heavy atom. The number of halogens is 1. The molecule has 0 aromatic carbocycles. The molecule has 22 heavy (non-hydrogen) atoms. The SMILES string of the molecule is Cl.O=C(c1cc(-c2ccco2)[nH]n1)N1CCC2CCC(C1)N2. The first-order valence-corrected chi connectivity index (χ1v) is 7.44. The molecule has 6 nitrogen and oxygen atoms in total. The minimum atomic E-state index is -0.00148. The van der Waals surface area contributed by atoms with Crippen molar-refractivity contribution >= 4 is 18.3 Å². The normalized spacial score (nSPS) is 23.9. The van der Waals surface area contributed by atoms with Gasteiger partial charge in [-0.2, -0.15) is 5.10 Å². The van der Waals surface area contributed by atoms with E-state index < -0.39 is 0 Å². The van der Waals surface area contributed by atoms with Crippen LogP contribution in [0.1, 0.15) is 29.8 Å². The standard InChI is InChI=1S/C15H18N4O2.ClH/c20-15(19-6-5-10-3-4-11(9-19)16-10)13-8-12(17-18-13)14-2-1-7-21-14;/h1-2,7-8,10-11,16H,3-6,9H2,(H,17,18);1H. The molecule has 0 saturated carbocycles. The molecule has 0 aliphatic carbocycles. The van der Waals surface area contributed by atoms with Crippen LogP contribution in [0.15, 0.2) is 28.9 Å². The minimum absolute atomic E-state index is 0. The second-order valence-electron chi connectivity index (χ2n) is 5.82. The van der Waals surface area contributed by atoms with E-state index in [1.54, 1.807) is 12.3 Å². The molecule has 0 spiro atoms. The number of aromatic amines is 1. The van der Waals surface area contributed by atoms with E-state index in [0.717, 1.165) is 31.6 Å². The third-order valence-electron chi connectivity index (χ3n) is 4.39. The molecule has 2 aliphatic heterocycles. The van der Waals surface area contributed by atoms with Gasteiger partial charge in [-0.1, -0.05) is 0 Å². The third kappa shape index (κ3) is 2.76. The molecule has 118 valence electrons. The Kier molecular flexibility index (Phi) is 4.22. The van der Waals surface area contributed by atoms with Gasteiger partial charge in [0.2, 0.25) is 0 Å². The molecule has 2 unspecified atom stereocenters. The van der Waals surface area contributed by atoms with Gasteiger partial charge < -0.3 is 14.6 Å². The number of carbonyl (C=O) groups is 1. The molecular formula is C15H19ClN4O2. The van der Waals surface area contributed by atoms with Gasteiger partial charge in [0.15, 0.2) is 11.5 Å². The Morgan fingerprint density at radius 2 is 2.18 bits per heavy atom. The van der Waals surface area contributed by atoms with Crippen molar-refractivity contribution in [2.75, 3.05) is 13.1 Å². The summed E-state index contributed by atoms with van der Waals surface area (Å²) in [7, 11) is 0. The zero-order valence-corrected chi connectivity index (χ0v) is 12.9. The van der Waals surface area contributed by atoms with E-state index in [4.69, 9.17) is 4.42 Å². The van der Waals surface area contributed by atoms with Crippen LogP contribution in [0.4, 0.5) is 0 Å². The number of hydrogen-bond donors (Lipinski definition) is 2. The number of nitrogens with one attached hydrogen (secondary N) is 2. The lowest BCUT2D eigenvalue weighted by molar-refractivity contribution is 0.0742. The van der Waals surface area contributed by atoms with Crippen LogP contribution < -0.4 is 5.32 Å². The first-order chi connectivity index (χ1) is 10.3. The lowest BCUT2D eigenvalue weighted by Gasteiger charge is -2.23. The van der Waals surface area contributed by atoms with Crippen LogP contribution in [-0.4, -0.2) is 46.2 Å². The second kappa shape index (κ2) is 6.14. The van der Waals surface area contributed by atoms with Gasteiger partial charge >= 0.3 is 0 Å². The molecule has 4 heterocycles. The molecule has 2 atom stereocenters. The fourth-order valence-corrected chi connectivity index (χ4v) is 3.28. The summed E-state index contributed by atoms with van der Waals surface area (Å²) in [6.07, 6.45) is 5.02. The molecule has 0 radical (unpaired) electrons. The van der Waals surface area contributed by atoms with Gasteiger partial charge in [0.1, 0.15) is 5.69 Å². The summed E-state index contributed by atoms with van der Waals surface area (Å²) in [5.41, 5.74) is 1.19. The van der Waals surface area contributed by atoms with Gasteiger partial charge in [-0.05, 0) is 31.4 Å². The van der Waals surface area contributed by atoms with Crippen molar-refractivity contribution in [1.82, 2.24) is 20.4 Å². The van der Waals surface area contributed by atoms with Crippen molar-refractivity contribution in [2.45, 2.75) is 31.3 Å². The van der Waals surface area contributed by atoms with Crippen molar-refractivity contribution in [3.8, 4) is 11.5 Å². The molecule has 7 heteroatoms. The Bertz CT molecular complexity index is 640.